The number of nitrogens with zero attached hydrogens (tertiary/aromatic N) is 3. The molecule has 0 spiro atoms. The van der Waals surface area contributed by atoms with Crippen LogP contribution in [-0.2, 0) is 4.79 Å². The van der Waals surface area contributed by atoms with E-state index in [1.165, 1.54) is 0 Å². The first-order valence-corrected chi connectivity index (χ1v) is 7.15. The van der Waals surface area contributed by atoms with Crippen molar-refractivity contribution in [2.75, 3.05) is 5.32 Å². The van der Waals surface area contributed by atoms with Gasteiger partial charge in [0, 0.05) is 12.4 Å². The number of aliphatic hydroxyl groups excluding tert-OH is 1. The second-order valence-corrected chi connectivity index (χ2v) is 5.05. The number of hydrogen-bond acceptors (Lipinski definition) is 4. The van der Waals surface area contributed by atoms with Crippen molar-refractivity contribution in [3.05, 3.63) is 72.4 Å². The number of aromatic nitrogens is 3. The molecule has 0 bridgehead atoms. The third-order valence-corrected chi connectivity index (χ3v) is 3.45. The summed E-state index contributed by atoms with van der Waals surface area (Å²) in [6.07, 6.45) is 3.84. The summed E-state index contributed by atoms with van der Waals surface area (Å²) >= 11 is 0. The highest BCUT2D eigenvalue weighted by Crippen LogP contribution is 2.16. The number of anilines is 1. The van der Waals surface area contributed by atoms with Gasteiger partial charge in [-0.1, -0.05) is 30.3 Å². The third-order valence-electron chi connectivity index (χ3n) is 3.45. The van der Waals surface area contributed by atoms with Gasteiger partial charge in [-0.2, -0.15) is 0 Å². The monoisotopic (exact) mass is 308 g/mol. The number of carbonyl (C=O) groups is 1. The molecule has 2 heterocycles. The van der Waals surface area contributed by atoms with Crippen molar-refractivity contribution >= 4 is 11.6 Å². The number of benzene rings is 1. The number of aliphatic hydroxyl groups is 1. The van der Waals surface area contributed by atoms with Gasteiger partial charge >= 0.3 is 0 Å². The Labute approximate surface area is 133 Å². The van der Waals surface area contributed by atoms with Crippen LogP contribution in [0.3, 0.4) is 0 Å². The van der Waals surface area contributed by atoms with E-state index in [0.717, 1.165) is 5.82 Å². The zero-order chi connectivity index (χ0) is 16.2. The second-order valence-electron chi connectivity index (χ2n) is 5.05. The topological polar surface area (TPSA) is 80.0 Å². The molecule has 0 aliphatic heterocycles. The van der Waals surface area contributed by atoms with Crippen LogP contribution in [0.25, 0.3) is 5.82 Å². The zero-order valence-corrected chi connectivity index (χ0v) is 12.5. The lowest BCUT2D eigenvalue weighted by Gasteiger charge is -2.12. The Hall–Kier alpha value is -2.99. The summed E-state index contributed by atoms with van der Waals surface area (Å²) in [6.45, 7) is 1.88. The van der Waals surface area contributed by atoms with Crippen molar-refractivity contribution in [1.29, 1.82) is 0 Å². The normalized spacial score (nSPS) is 11.9. The van der Waals surface area contributed by atoms with E-state index in [1.807, 2.05) is 23.8 Å². The standard InChI is InChI=1S/C17H16N4O2/c1-12-18-9-10-21(12)15-8-7-14(11-19-15)20-17(23)16(22)13-5-3-2-4-6-13/h2-11,16,22H,1H3,(H,20,23). The van der Waals surface area contributed by atoms with Gasteiger partial charge in [0.25, 0.3) is 5.91 Å². The molecule has 0 saturated heterocycles. The van der Waals surface area contributed by atoms with Gasteiger partial charge in [-0.05, 0) is 24.6 Å². The Morgan fingerprint density at radius 2 is 1.96 bits per heavy atom. The van der Waals surface area contributed by atoms with Gasteiger partial charge in [0.1, 0.15) is 11.6 Å². The second kappa shape index (κ2) is 6.41. The SMILES string of the molecule is Cc1nccn1-c1ccc(NC(=O)C(O)c2ccccc2)cn1. The van der Waals surface area contributed by atoms with E-state index in [1.54, 1.807) is 48.8 Å². The van der Waals surface area contributed by atoms with E-state index in [4.69, 9.17) is 0 Å². The molecular formula is C17H16N4O2. The average Bonchev–Trinajstić information content (AvgIpc) is 3.01. The lowest BCUT2D eigenvalue weighted by molar-refractivity contribution is -0.124. The van der Waals surface area contributed by atoms with E-state index in [-0.39, 0.29) is 0 Å². The van der Waals surface area contributed by atoms with Crippen molar-refractivity contribution in [3.8, 4) is 5.82 Å². The number of carbonyl (C=O) groups excluding carboxylic acids is 1. The largest absolute Gasteiger partial charge is 0.378 e. The van der Waals surface area contributed by atoms with Crippen LogP contribution < -0.4 is 5.32 Å². The fourth-order valence-corrected chi connectivity index (χ4v) is 2.22. The molecule has 3 aromatic rings. The number of nitrogens with one attached hydrogen (secondary N) is 1. The predicted octanol–water partition coefficient (Wildman–Crippen LogP) is 2.25. The summed E-state index contributed by atoms with van der Waals surface area (Å²) in [4.78, 5) is 20.5. The molecule has 0 fully saturated rings. The van der Waals surface area contributed by atoms with E-state index >= 15 is 0 Å². The van der Waals surface area contributed by atoms with Gasteiger partial charge in [-0.15, -0.1) is 0 Å². The van der Waals surface area contributed by atoms with E-state index < -0.39 is 12.0 Å². The molecule has 1 atom stereocenters. The van der Waals surface area contributed by atoms with Gasteiger partial charge in [0.05, 0.1) is 11.9 Å². The molecule has 116 valence electrons. The average molecular weight is 308 g/mol. The third kappa shape index (κ3) is 3.27. The molecular weight excluding hydrogens is 292 g/mol. The van der Waals surface area contributed by atoms with E-state index in [0.29, 0.717) is 17.1 Å². The van der Waals surface area contributed by atoms with Crippen molar-refractivity contribution < 1.29 is 9.90 Å². The highest BCUT2D eigenvalue weighted by molar-refractivity contribution is 5.94. The van der Waals surface area contributed by atoms with Crippen molar-refractivity contribution in [2.24, 2.45) is 0 Å². The van der Waals surface area contributed by atoms with Crippen LogP contribution in [0.5, 0.6) is 0 Å². The zero-order valence-electron chi connectivity index (χ0n) is 12.5. The van der Waals surface area contributed by atoms with Gasteiger partial charge < -0.3 is 10.4 Å². The van der Waals surface area contributed by atoms with Crippen LogP contribution in [0.1, 0.15) is 17.5 Å². The van der Waals surface area contributed by atoms with Crippen LogP contribution in [0, 0.1) is 6.92 Å². The molecule has 0 radical (unpaired) electrons. The highest BCUT2D eigenvalue weighted by atomic mass is 16.3. The highest BCUT2D eigenvalue weighted by Gasteiger charge is 2.17. The summed E-state index contributed by atoms with van der Waals surface area (Å²) < 4.78 is 1.84. The summed E-state index contributed by atoms with van der Waals surface area (Å²) in [7, 11) is 0. The molecule has 0 saturated carbocycles. The molecule has 2 N–H and O–H groups in total. The minimum Gasteiger partial charge on any atom is -0.378 e. The Morgan fingerprint density at radius 3 is 2.57 bits per heavy atom. The lowest BCUT2D eigenvalue weighted by atomic mass is 10.1. The van der Waals surface area contributed by atoms with Gasteiger partial charge in [-0.3, -0.25) is 9.36 Å². The maximum Gasteiger partial charge on any atom is 0.257 e. The molecule has 1 amide bonds. The maximum atomic E-state index is 12.1. The van der Waals surface area contributed by atoms with Crippen molar-refractivity contribution in [1.82, 2.24) is 14.5 Å². The van der Waals surface area contributed by atoms with E-state index in [9.17, 15) is 9.90 Å². The van der Waals surface area contributed by atoms with Crippen LogP contribution >= 0.6 is 0 Å². The smallest absolute Gasteiger partial charge is 0.257 e. The first-order valence-electron chi connectivity index (χ1n) is 7.15. The van der Waals surface area contributed by atoms with Gasteiger partial charge in [-0.25, -0.2) is 9.97 Å². The molecule has 23 heavy (non-hydrogen) atoms. The molecule has 1 unspecified atom stereocenters. The summed E-state index contributed by atoms with van der Waals surface area (Å²) in [5.41, 5.74) is 1.06. The maximum absolute atomic E-state index is 12.1. The number of pyridine rings is 1. The Bertz CT molecular complexity index is 797. The summed E-state index contributed by atoms with van der Waals surface area (Å²) in [5, 5.41) is 12.7. The van der Waals surface area contributed by atoms with Crippen LogP contribution in [0.2, 0.25) is 0 Å². The van der Waals surface area contributed by atoms with Gasteiger partial charge in [0.15, 0.2) is 6.10 Å². The first-order chi connectivity index (χ1) is 11.1. The molecule has 3 rings (SSSR count). The summed E-state index contributed by atoms with van der Waals surface area (Å²) in [5.74, 6) is 1.04. The molecule has 6 nitrogen and oxygen atoms in total. The van der Waals surface area contributed by atoms with Crippen molar-refractivity contribution in [2.45, 2.75) is 13.0 Å². The predicted molar refractivity (Wildman–Crippen MR) is 86.1 cm³/mol. The quantitative estimate of drug-likeness (QED) is 0.774. The molecule has 6 heteroatoms. The lowest BCUT2D eigenvalue weighted by Crippen LogP contribution is -2.20. The number of hydrogen-bond donors (Lipinski definition) is 2. The molecule has 2 aromatic heterocycles. The first kappa shape index (κ1) is 14.9. The Balaban J connectivity index is 1.71. The van der Waals surface area contributed by atoms with E-state index in [2.05, 4.69) is 15.3 Å². The minimum atomic E-state index is -1.22. The molecule has 0 aliphatic rings. The number of rotatable bonds is 4. The molecule has 1 aromatic carbocycles. The summed E-state index contributed by atoms with van der Waals surface area (Å²) in [6, 6.07) is 12.3. The van der Waals surface area contributed by atoms with Crippen LogP contribution in [0.15, 0.2) is 61.1 Å². The van der Waals surface area contributed by atoms with Gasteiger partial charge in [0.2, 0.25) is 0 Å². The Kier molecular flexibility index (Phi) is 4.16. The number of amides is 1. The minimum absolute atomic E-state index is 0.496. The van der Waals surface area contributed by atoms with Crippen LogP contribution in [-0.4, -0.2) is 25.5 Å². The number of imidazole rings is 1. The van der Waals surface area contributed by atoms with Crippen molar-refractivity contribution in [3.63, 3.8) is 0 Å². The fraction of sp³-hybridized carbons (Fsp3) is 0.118. The van der Waals surface area contributed by atoms with Crippen LogP contribution in [0.4, 0.5) is 5.69 Å². The molecule has 0 aliphatic carbocycles. The number of aryl methyl sites for hydroxylation is 1. The fourth-order valence-electron chi connectivity index (χ4n) is 2.22. The Morgan fingerprint density at radius 1 is 1.17 bits per heavy atom.